The van der Waals surface area contributed by atoms with E-state index in [-0.39, 0.29) is 0 Å². The monoisotopic (exact) mass is 489 g/mol. The molecule has 0 saturated heterocycles. The van der Waals surface area contributed by atoms with E-state index in [0.29, 0.717) is 5.56 Å². The molecular weight excluding hydrogens is 470 g/mol. The lowest BCUT2D eigenvalue weighted by Crippen LogP contribution is -2.03. The van der Waals surface area contributed by atoms with E-state index in [1.54, 1.807) is 0 Å². The highest BCUT2D eigenvalue weighted by atomic mass is 32.1. The molecule has 0 aliphatic rings. The summed E-state index contributed by atoms with van der Waals surface area (Å²) in [5, 5.41) is 15.5. The first kappa shape index (κ1) is 20.4. The largest absolute Gasteiger partial charge is 0.308 e. The quantitative estimate of drug-likeness (QED) is 0.239. The van der Waals surface area contributed by atoms with Crippen LogP contribution in [0.2, 0.25) is 0 Å². The SMILES string of the molecule is N#Cc1c(-n2c3ccccc3c3ccccc32)cccc1-n1c2ccccc2c2sc3ccccc3c21. The first-order valence-electron chi connectivity index (χ1n) is 12.3. The van der Waals surface area contributed by atoms with Crippen LogP contribution in [-0.2, 0) is 0 Å². The van der Waals surface area contributed by atoms with E-state index < -0.39 is 0 Å². The summed E-state index contributed by atoms with van der Waals surface area (Å²) in [6.45, 7) is 0. The molecule has 3 nitrogen and oxygen atoms in total. The Bertz CT molecular complexity index is 2160. The summed E-state index contributed by atoms with van der Waals surface area (Å²) in [7, 11) is 0. The second-order valence-corrected chi connectivity index (χ2v) is 10.3. The minimum Gasteiger partial charge on any atom is -0.308 e. The summed E-state index contributed by atoms with van der Waals surface area (Å²) in [4.78, 5) is 0. The average molecular weight is 490 g/mol. The van der Waals surface area contributed by atoms with E-state index in [2.05, 4.69) is 130 Å². The summed E-state index contributed by atoms with van der Waals surface area (Å²) in [5.74, 6) is 0. The minimum absolute atomic E-state index is 0.659. The van der Waals surface area contributed by atoms with Crippen molar-refractivity contribution in [1.29, 1.82) is 5.26 Å². The number of aromatic nitrogens is 2. The maximum Gasteiger partial charge on any atom is 0.104 e. The minimum atomic E-state index is 0.659. The van der Waals surface area contributed by atoms with Crippen molar-refractivity contribution in [2.75, 3.05) is 0 Å². The van der Waals surface area contributed by atoms with Gasteiger partial charge >= 0.3 is 0 Å². The summed E-state index contributed by atoms with van der Waals surface area (Å²) >= 11 is 1.82. The number of hydrogen-bond acceptors (Lipinski definition) is 2. The van der Waals surface area contributed by atoms with Gasteiger partial charge in [-0.1, -0.05) is 78.9 Å². The maximum atomic E-state index is 10.7. The Hall–Kier alpha value is -4.85. The van der Waals surface area contributed by atoms with E-state index >= 15 is 0 Å². The molecule has 8 aromatic rings. The molecule has 0 spiro atoms. The van der Waals surface area contributed by atoms with E-state index in [0.717, 1.165) is 33.4 Å². The number of para-hydroxylation sites is 3. The first-order valence-corrected chi connectivity index (χ1v) is 13.1. The fourth-order valence-electron chi connectivity index (χ4n) is 5.87. The van der Waals surface area contributed by atoms with Crippen molar-refractivity contribution in [2.45, 2.75) is 0 Å². The zero-order valence-electron chi connectivity index (χ0n) is 19.7. The highest BCUT2D eigenvalue weighted by Crippen LogP contribution is 2.43. The zero-order valence-corrected chi connectivity index (χ0v) is 20.5. The van der Waals surface area contributed by atoms with Gasteiger partial charge in [0.15, 0.2) is 0 Å². The molecule has 4 heteroatoms. The predicted molar refractivity (Wildman–Crippen MR) is 155 cm³/mol. The lowest BCUT2D eigenvalue weighted by Gasteiger charge is -2.15. The van der Waals surface area contributed by atoms with E-state index in [9.17, 15) is 5.26 Å². The molecule has 0 bridgehead atoms. The fourth-order valence-corrected chi connectivity index (χ4v) is 7.09. The van der Waals surface area contributed by atoms with Crippen molar-refractivity contribution in [3.63, 3.8) is 0 Å². The summed E-state index contributed by atoms with van der Waals surface area (Å²) in [6, 6.07) is 42.7. The fraction of sp³-hybridized carbons (Fsp3) is 0. The smallest absolute Gasteiger partial charge is 0.104 e. The van der Waals surface area contributed by atoms with E-state index in [1.165, 1.54) is 30.9 Å². The van der Waals surface area contributed by atoms with Crippen LogP contribution in [0.4, 0.5) is 0 Å². The normalized spacial score (nSPS) is 11.8. The van der Waals surface area contributed by atoms with Crippen LogP contribution in [-0.4, -0.2) is 9.13 Å². The van der Waals surface area contributed by atoms with Crippen LogP contribution in [0.3, 0.4) is 0 Å². The Balaban J connectivity index is 1.54. The van der Waals surface area contributed by atoms with Crippen LogP contribution in [0.1, 0.15) is 5.56 Å². The van der Waals surface area contributed by atoms with Crippen LogP contribution >= 0.6 is 11.3 Å². The molecule has 8 rings (SSSR count). The van der Waals surface area contributed by atoms with Gasteiger partial charge in [0.05, 0.1) is 38.1 Å². The van der Waals surface area contributed by atoms with Crippen molar-refractivity contribution in [1.82, 2.24) is 9.13 Å². The lowest BCUT2D eigenvalue weighted by atomic mass is 10.1. The number of hydrogen-bond donors (Lipinski definition) is 0. The molecule has 0 N–H and O–H groups in total. The third kappa shape index (κ3) is 2.69. The van der Waals surface area contributed by atoms with Gasteiger partial charge in [0.25, 0.3) is 0 Å². The van der Waals surface area contributed by atoms with Crippen molar-refractivity contribution < 1.29 is 0 Å². The first-order chi connectivity index (χ1) is 18.3. The summed E-state index contributed by atoms with van der Waals surface area (Å²) < 4.78 is 7.04. The molecule has 0 atom stereocenters. The molecule has 0 amide bonds. The number of thiophene rings is 1. The second-order valence-electron chi connectivity index (χ2n) is 9.28. The highest BCUT2D eigenvalue weighted by molar-refractivity contribution is 7.26. The van der Waals surface area contributed by atoms with E-state index in [4.69, 9.17) is 0 Å². The average Bonchev–Trinajstić information content (AvgIpc) is 3.60. The van der Waals surface area contributed by atoms with Gasteiger partial charge in [-0.05, 0) is 36.4 Å². The Morgan fingerprint density at radius 2 is 1.03 bits per heavy atom. The number of nitrogens with zero attached hydrogens (tertiary/aromatic N) is 3. The van der Waals surface area contributed by atoms with Gasteiger partial charge in [-0.3, -0.25) is 0 Å². The van der Waals surface area contributed by atoms with Gasteiger partial charge < -0.3 is 9.13 Å². The van der Waals surface area contributed by atoms with Crippen LogP contribution in [0.25, 0.3) is 64.4 Å². The Labute approximate surface area is 216 Å². The number of fused-ring (bicyclic) bond motifs is 8. The second kappa shape index (κ2) is 7.57. The van der Waals surface area contributed by atoms with Gasteiger partial charge in [-0.2, -0.15) is 5.26 Å². The standard InChI is InChI=1S/C33H19N3S/c34-20-25-29(35-26-14-5-1-10-21(26)22-11-2-6-15-27(22)35)17-9-18-30(25)36-28-16-7-3-12-23(28)33-32(36)24-13-4-8-19-31(24)37-33/h1-19H. The molecule has 0 aliphatic carbocycles. The molecule has 172 valence electrons. The van der Waals surface area contributed by atoms with Gasteiger partial charge in [-0.15, -0.1) is 11.3 Å². The highest BCUT2D eigenvalue weighted by Gasteiger charge is 2.22. The molecule has 0 aliphatic heterocycles. The van der Waals surface area contributed by atoms with Crippen LogP contribution in [0, 0.1) is 11.3 Å². The van der Waals surface area contributed by atoms with E-state index in [1.807, 2.05) is 11.3 Å². The van der Waals surface area contributed by atoms with Crippen LogP contribution in [0.15, 0.2) is 115 Å². The topological polar surface area (TPSA) is 33.6 Å². The molecule has 3 aromatic heterocycles. The number of rotatable bonds is 2. The molecule has 0 saturated carbocycles. The molecule has 3 heterocycles. The third-order valence-corrected chi connectivity index (χ3v) is 8.57. The van der Waals surface area contributed by atoms with Gasteiger partial charge in [0.1, 0.15) is 11.6 Å². The van der Waals surface area contributed by atoms with Crippen molar-refractivity contribution in [3.05, 3.63) is 121 Å². The Morgan fingerprint density at radius 1 is 0.514 bits per heavy atom. The van der Waals surface area contributed by atoms with Crippen molar-refractivity contribution in [3.8, 4) is 17.4 Å². The molecule has 37 heavy (non-hydrogen) atoms. The Morgan fingerprint density at radius 3 is 1.68 bits per heavy atom. The van der Waals surface area contributed by atoms with Crippen LogP contribution < -0.4 is 0 Å². The number of nitriles is 1. The third-order valence-electron chi connectivity index (χ3n) is 7.38. The summed E-state index contributed by atoms with van der Waals surface area (Å²) in [6.07, 6.45) is 0. The van der Waals surface area contributed by atoms with Gasteiger partial charge in [-0.25, -0.2) is 0 Å². The maximum absolute atomic E-state index is 10.7. The van der Waals surface area contributed by atoms with Crippen molar-refractivity contribution >= 4 is 64.3 Å². The number of benzene rings is 5. The van der Waals surface area contributed by atoms with Gasteiger partial charge in [0.2, 0.25) is 0 Å². The summed E-state index contributed by atoms with van der Waals surface area (Å²) in [5.41, 5.74) is 6.93. The molecule has 5 aromatic carbocycles. The van der Waals surface area contributed by atoms with Crippen LogP contribution in [0.5, 0.6) is 0 Å². The predicted octanol–water partition coefficient (Wildman–Crippen LogP) is 8.97. The van der Waals surface area contributed by atoms with Gasteiger partial charge in [0, 0.05) is 26.2 Å². The molecule has 0 unspecified atom stereocenters. The molecular formula is C33H19N3S. The van der Waals surface area contributed by atoms with Crippen molar-refractivity contribution in [2.24, 2.45) is 0 Å². The molecule has 0 fully saturated rings. The Kier molecular flexibility index (Phi) is 4.17. The molecule has 0 radical (unpaired) electrons. The lowest BCUT2D eigenvalue weighted by molar-refractivity contribution is 1.12. The zero-order chi connectivity index (χ0) is 24.5.